The van der Waals surface area contributed by atoms with Crippen LogP contribution >= 0.6 is 11.3 Å². The van der Waals surface area contributed by atoms with Crippen LogP contribution in [0.1, 0.15) is 27.0 Å². The Labute approximate surface area is 188 Å². The van der Waals surface area contributed by atoms with Crippen molar-refractivity contribution in [1.82, 2.24) is 15.2 Å². The Morgan fingerprint density at radius 1 is 1.16 bits per heavy atom. The van der Waals surface area contributed by atoms with Crippen LogP contribution in [-0.4, -0.2) is 52.0 Å². The Hall–Kier alpha value is -3.69. The van der Waals surface area contributed by atoms with Gasteiger partial charge in [-0.3, -0.25) is 9.59 Å². The number of phenols is 1. The van der Waals surface area contributed by atoms with Gasteiger partial charge < -0.3 is 25.7 Å². The quantitative estimate of drug-likeness (QED) is 0.409. The number of carbonyl (C=O) groups excluding carboxylic acids is 2. The highest BCUT2D eigenvalue weighted by Crippen LogP contribution is 2.34. The second kappa shape index (κ2) is 8.81. The van der Waals surface area contributed by atoms with E-state index in [0.717, 1.165) is 10.6 Å². The molecule has 2 aromatic carbocycles. The molecule has 0 spiro atoms. The maximum atomic E-state index is 12.4. The molecule has 32 heavy (non-hydrogen) atoms. The SMILES string of the molecule is CN(C)C(=O)c1cccc(NC2=C(NC(c3ccccc3)c3nccs3)C(O)C2=O)c1O. The molecule has 1 aromatic heterocycles. The highest BCUT2D eigenvalue weighted by atomic mass is 32.1. The summed E-state index contributed by atoms with van der Waals surface area (Å²) < 4.78 is 0. The number of rotatable bonds is 7. The van der Waals surface area contributed by atoms with E-state index < -0.39 is 11.9 Å². The van der Waals surface area contributed by atoms with Gasteiger partial charge in [0.1, 0.15) is 16.7 Å². The van der Waals surface area contributed by atoms with Crippen LogP contribution in [0.3, 0.4) is 0 Å². The van der Waals surface area contributed by atoms with Gasteiger partial charge in [-0.15, -0.1) is 11.3 Å². The van der Waals surface area contributed by atoms with Crippen LogP contribution in [0.5, 0.6) is 5.75 Å². The zero-order chi connectivity index (χ0) is 22.8. The van der Waals surface area contributed by atoms with Crippen LogP contribution in [0, 0.1) is 0 Å². The maximum Gasteiger partial charge on any atom is 0.257 e. The number of nitrogens with zero attached hydrogens (tertiary/aromatic N) is 2. The third-order valence-corrected chi connectivity index (χ3v) is 5.94. The molecule has 1 aliphatic rings. The van der Waals surface area contributed by atoms with Crippen LogP contribution < -0.4 is 10.6 Å². The molecule has 1 heterocycles. The first-order valence-corrected chi connectivity index (χ1v) is 10.7. The predicted molar refractivity (Wildman–Crippen MR) is 121 cm³/mol. The zero-order valence-electron chi connectivity index (χ0n) is 17.4. The van der Waals surface area contributed by atoms with Crippen molar-refractivity contribution < 1.29 is 19.8 Å². The number of hydrogen-bond acceptors (Lipinski definition) is 8. The molecule has 0 saturated carbocycles. The fourth-order valence-electron chi connectivity index (χ4n) is 3.40. The molecular weight excluding hydrogens is 428 g/mol. The summed E-state index contributed by atoms with van der Waals surface area (Å²) in [5.41, 5.74) is 1.63. The Morgan fingerprint density at radius 3 is 2.56 bits per heavy atom. The number of aromatic hydroxyl groups is 1. The van der Waals surface area contributed by atoms with Crippen molar-refractivity contribution in [3.8, 4) is 5.75 Å². The van der Waals surface area contributed by atoms with E-state index in [1.807, 2.05) is 35.7 Å². The molecule has 164 valence electrons. The van der Waals surface area contributed by atoms with Crippen LogP contribution in [0.2, 0.25) is 0 Å². The number of Topliss-reactive ketones (excluding diaryl/α,β-unsaturated/α-hetero) is 1. The molecule has 4 rings (SSSR count). The van der Waals surface area contributed by atoms with Gasteiger partial charge in [0, 0.05) is 25.7 Å². The summed E-state index contributed by atoms with van der Waals surface area (Å²) in [6.45, 7) is 0. The van der Waals surface area contributed by atoms with Gasteiger partial charge in [-0.2, -0.15) is 0 Å². The summed E-state index contributed by atoms with van der Waals surface area (Å²) in [7, 11) is 3.17. The molecule has 0 saturated heterocycles. The Morgan fingerprint density at radius 2 is 1.91 bits per heavy atom. The number of amides is 1. The van der Waals surface area contributed by atoms with Gasteiger partial charge in [0.05, 0.1) is 16.9 Å². The third kappa shape index (κ3) is 3.95. The molecule has 3 aromatic rings. The van der Waals surface area contributed by atoms with E-state index >= 15 is 0 Å². The van der Waals surface area contributed by atoms with Crippen molar-refractivity contribution in [2.75, 3.05) is 19.4 Å². The van der Waals surface area contributed by atoms with E-state index in [0.29, 0.717) is 5.70 Å². The van der Waals surface area contributed by atoms with Crippen LogP contribution in [-0.2, 0) is 4.79 Å². The normalized spacial score (nSPS) is 16.3. The number of para-hydroxylation sites is 1. The number of carbonyl (C=O) groups is 2. The fourth-order valence-corrected chi connectivity index (χ4v) is 4.11. The van der Waals surface area contributed by atoms with Gasteiger partial charge in [0.15, 0.2) is 11.9 Å². The lowest BCUT2D eigenvalue weighted by atomic mass is 9.93. The van der Waals surface area contributed by atoms with Gasteiger partial charge in [0.2, 0.25) is 5.78 Å². The van der Waals surface area contributed by atoms with Crippen molar-refractivity contribution >= 4 is 28.7 Å². The largest absolute Gasteiger partial charge is 0.505 e. The second-order valence-electron chi connectivity index (χ2n) is 7.44. The van der Waals surface area contributed by atoms with Crippen LogP contribution in [0.4, 0.5) is 5.69 Å². The molecular formula is C23H22N4O4S. The lowest BCUT2D eigenvalue weighted by Crippen LogP contribution is -2.46. The molecule has 0 fully saturated rings. The van der Waals surface area contributed by atoms with E-state index in [1.54, 1.807) is 32.4 Å². The van der Waals surface area contributed by atoms with Crippen molar-refractivity contribution in [3.05, 3.63) is 87.6 Å². The standard InChI is InChI=1S/C23H22N4O4S/c1-27(2)23(31)14-9-6-10-15(19(14)28)25-17-18(21(30)20(17)29)26-16(22-24-11-12-32-22)13-7-4-3-5-8-13/h3-12,16,21,25-26,28,30H,1-2H3. The molecule has 0 bridgehead atoms. The number of benzene rings is 2. The predicted octanol–water partition coefficient (Wildman–Crippen LogP) is 2.50. The van der Waals surface area contributed by atoms with Crippen molar-refractivity contribution in [1.29, 1.82) is 0 Å². The first kappa shape index (κ1) is 21.5. The Balaban J connectivity index is 1.67. The fraction of sp³-hybridized carbons (Fsp3) is 0.174. The number of aliphatic hydroxyl groups is 1. The van der Waals surface area contributed by atoms with Gasteiger partial charge in [-0.25, -0.2) is 4.98 Å². The minimum Gasteiger partial charge on any atom is -0.505 e. The molecule has 4 N–H and O–H groups in total. The highest BCUT2D eigenvalue weighted by Gasteiger charge is 2.40. The summed E-state index contributed by atoms with van der Waals surface area (Å²) in [6, 6.07) is 13.9. The summed E-state index contributed by atoms with van der Waals surface area (Å²) in [5.74, 6) is -1.15. The molecule has 2 atom stereocenters. The lowest BCUT2D eigenvalue weighted by Gasteiger charge is -2.32. The molecule has 0 radical (unpaired) electrons. The number of phenolic OH excluding ortho intramolecular Hbond substituents is 1. The zero-order valence-corrected chi connectivity index (χ0v) is 18.3. The number of anilines is 1. The maximum absolute atomic E-state index is 12.4. The molecule has 0 aliphatic heterocycles. The van der Waals surface area contributed by atoms with Gasteiger partial charge >= 0.3 is 0 Å². The number of thiazole rings is 1. The summed E-state index contributed by atoms with van der Waals surface area (Å²) in [5, 5.41) is 29.7. The first-order chi connectivity index (χ1) is 15.4. The smallest absolute Gasteiger partial charge is 0.257 e. The number of ketones is 1. The van der Waals surface area contributed by atoms with E-state index in [1.165, 1.54) is 22.3 Å². The van der Waals surface area contributed by atoms with E-state index in [2.05, 4.69) is 15.6 Å². The number of aromatic nitrogens is 1. The molecule has 8 nitrogen and oxygen atoms in total. The summed E-state index contributed by atoms with van der Waals surface area (Å²) in [6.07, 6.45) is 0.371. The lowest BCUT2D eigenvalue weighted by molar-refractivity contribution is -0.124. The Kier molecular flexibility index (Phi) is 5.93. The van der Waals surface area contributed by atoms with E-state index in [9.17, 15) is 19.8 Å². The van der Waals surface area contributed by atoms with Crippen molar-refractivity contribution in [2.45, 2.75) is 12.1 Å². The number of hydrogen-bond donors (Lipinski definition) is 4. The van der Waals surface area contributed by atoms with Crippen LogP contribution in [0.25, 0.3) is 0 Å². The third-order valence-electron chi connectivity index (χ3n) is 5.10. The monoisotopic (exact) mass is 450 g/mol. The summed E-state index contributed by atoms with van der Waals surface area (Å²) >= 11 is 1.45. The number of aliphatic hydroxyl groups excluding tert-OH is 1. The van der Waals surface area contributed by atoms with E-state index in [-0.39, 0.29) is 34.6 Å². The minimum absolute atomic E-state index is 0.104. The minimum atomic E-state index is -1.32. The summed E-state index contributed by atoms with van der Waals surface area (Å²) in [4.78, 5) is 30.5. The molecule has 1 amide bonds. The van der Waals surface area contributed by atoms with Crippen molar-refractivity contribution in [3.63, 3.8) is 0 Å². The molecule has 2 unspecified atom stereocenters. The van der Waals surface area contributed by atoms with Gasteiger partial charge in [-0.05, 0) is 17.7 Å². The average molecular weight is 451 g/mol. The second-order valence-corrected chi connectivity index (χ2v) is 8.37. The molecule has 9 heteroatoms. The number of nitrogens with one attached hydrogen (secondary N) is 2. The van der Waals surface area contributed by atoms with Gasteiger partial charge in [-0.1, -0.05) is 36.4 Å². The van der Waals surface area contributed by atoms with Crippen molar-refractivity contribution in [2.24, 2.45) is 0 Å². The Bertz CT molecular complexity index is 1180. The van der Waals surface area contributed by atoms with E-state index in [4.69, 9.17) is 0 Å². The highest BCUT2D eigenvalue weighted by molar-refractivity contribution is 7.09. The average Bonchev–Trinajstić information content (AvgIpc) is 3.34. The first-order valence-electron chi connectivity index (χ1n) is 9.86. The molecule has 1 aliphatic carbocycles. The topological polar surface area (TPSA) is 115 Å². The van der Waals surface area contributed by atoms with Gasteiger partial charge in [0.25, 0.3) is 5.91 Å². The van der Waals surface area contributed by atoms with Crippen LogP contribution in [0.15, 0.2) is 71.5 Å².